The van der Waals surface area contributed by atoms with Gasteiger partial charge < -0.3 is 106 Å². The third kappa shape index (κ3) is 24.1. The van der Waals surface area contributed by atoms with Crippen LogP contribution in [0.15, 0.2) is 85.5 Å². The summed E-state index contributed by atoms with van der Waals surface area (Å²) < 4.78 is 0. The molecule has 0 radical (unpaired) electrons. The van der Waals surface area contributed by atoms with Gasteiger partial charge in [0.2, 0.25) is 70.9 Å². The molecule has 23 N–H and O–H groups in total. The lowest BCUT2D eigenvalue weighted by molar-refractivity contribution is -0.148. The molecule has 0 aliphatic carbocycles. The molecule has 36 nitrogen and oxygen atoms in total. The number of rotatable bonds is 26. The fourth-order valence-electron chi connectivity index (χ4n) is 12.8. The zero-order valence-corrected chi connectivity index (χ0v) is 60.2. The highest BCUT2D eigenvalue weighted by Crippen LogP contribution is 2.29. The van der Waals surface area contributed by atoms with E-state index in [1.807, 2.05) is 30.3 Å². The van der Waals surface area contributed by atoms with E-state index >= 15 is 14.4 Å². The highest BCUT2D eigenvalue weighted by molar-refractivity contribution is 8.76. The third-order valence-corrected chi connectivity index (χ3v) is 20.8. The number of likely N-dealkylation sites (tertiary alicyclic amines) is 2. The van der Waals surface area contributed by atoms with Crippen LogP contribution in [0.1, 0.15) is 93.9 Å². The lowest BCUT2D eigenvalue weighted by Gasteiger charge is -2.33. The number of fused-ring (bicyclic) bond motifs is 2. The number of nitrogens with two attached hydrogens (primary N) is 4. The Balaban J connectivity index is 1.10. The number of imidazole rings is 1. The molecule has 3 aromatic carbocycles. The molecule has 12 amide bonds. The van der Waals surface area contributed by atoms with E-state index in [-0.39, 0.29) is 101 Å². The van der Waals surface area contributed by atoms with Crippen molar-refractivity contribution in [2.45, 2.75) is 163 Å². The lowest BCUT2D eigenvalue weighted by atomic mass is 9.99. The highest BCUT2D eigenvalue weighted by Gasteiger charge is 2.45. The third-order valence-electron chi connectivity index (χ3n) is 18.4. The second-order valence-corrected chi connectivity index (χ2v) is 28.8. The van der Waals surface area contributed by atoms with Gasteiger partial charge in [-0.3, -0.25) is 72.5 Å². The van der Waals surface area contributed by atoms with E-state index in [1.165, 1.54) is 22.3 Å². The molecule has 2 aromatic heterocycles. The van der Waals surface area contributed by atoms with Gasteiger partial charge in [0.15, 0.2) is 5.96 Å². The maximum Gasteiger partial charge on any atom is 0.305 e. The minimum Gasteiger partial charge on any atom is -0.481 e. The molecule has 0 bridgehead atoms. The van der Waals surface area contributed by atoms with E-state index < -0.39 is 181 Å². The number of nitrogens with zero attached hydrogens (tertiary/aromatic N) is 3. The summed E-state index contributed by atoms with van der Waals surface area (Å²) in [5.41, 5.74) is 25.2. The van der Waals surface area contributed by atoms with Crippen LogP contribution in [0, 0.1) is 5.41 Å². The number of carboxylic acid groups (broad SMARTS) is 2. The van der Waals surface area contributed by atoms with Gasteiger partial charge in [0, 0.05) is 80.1 Å². The summed E-state index contributed by atoms with van der Waals surface area (Å²) in [5, 5.41) is 55.5. The first-order valence-electron chi connectivity index (χ1n) is 35.1. The van der Waals surface area contributed by atoms with Crippen LogP contribution in [0.25, 0.3) is 21.7 Å². The van der Waals surface area contributed by atoms with Gasteiger partial charge in [0.05, 0.1) is 31.0 Å². The van der Waals surface area contributed by atoms with Crippen LogP contribution in [-0.2, 0) is 86.4 Å². The second kappa shape index (κ2) is 40.0. The number of carboxylic acids is 2. The van der Waals surface area contributed by atoms with E-state index in [1.54, 1.807) is 42.6 Å². The van der Waals surface area contributed by atoms with Crippen LogP contribution in [0.2, 0.25) is 0 Å². The Bertz CT molecular complexity index is 4050. The molecule has 576 valence electrons. The largest absolute Gasteiger partial charge is 0.481 e. The van der Waals surface area contributed by atoms with Crippen molar-refractivity contribution in [1.82, 2.24) is 77.9 Å². The number of aliphatic carboxylic acids is 2. The number of H-pyrrole nitrogens is 2. The molecular weight excluding hydrogens is 1430 g/mol. The minimum absolute atomic E-state index is 0.00722. The summed E-state index contributed by atoms with van der Waals surface area (Å²) in [6.45, 7) is -0.492. The Kier molecular flexibility index (Phi) is 30.6. The Hall–Kier alpha value is -10.9. The molecule has 3 aliphatic heterocycles. The van der Waals surface area contributed by atoms with Crippen LogP contribution in [0.4, 0.5) is 0 Å². The summed E-state index contributed by atoms with van der Waals surface area (Å²) in [7, 11) is 1.93. The van der Waals surface area contributed by atoms with Crippen molar-refractivity contribution >= 4 is 132 Å². The number of hydrogen-bond donors (Lipinski definition) is 19. The van der Waals surface area contributed by atoms with Gasteiger partial charge in [0.1, 0.15) is 60.4 Å². The first kappa shape index (κ1) is 81.8. The second-order valence-electron chi connectivity index (χ2n) is 26.2. The number of benzene rings is 3. The van der Waals surface area contributed by atoms with Gasteiger partial charge in [-0.15, -0.1) is 0 Å². The first-order valence-corrected chi connectivity index (χ1v) is 37.6. The highest BCUT2D eigenvalue weighted by atomic mass is 33.1. The van der Waals surface area contributed by atoms with Crippen LogP contribution in [-0.4, -0.2) is 234 Å². The maximum atomic E-state index is 15.2. The summed E-state index contributed by atoms with van der Waals surface area (Å²) in [4.78, 5) is 209. The molecule has 107 heavy (non-hydrogen) atoms. The molecule has 8 rings (SSSR count). The fraction of sp³-hybridized carbons (Fsp3) is 0.478. The molecule has 3 saturated heterocycles. The van der Waals surface area contributed by atoms with E-state index in [2.05, 4.69) is 68.1 Å². The first-order chi connectivity index (χ1) is 51.3. The zero-order chi connectivity index (χ0) is 77.3. The number of aromatic amines is 2. The standard InChI is InChI=1S/C69H92N20O16S2/c70-22-6-5-14-45(61(98)84-48(58(72)95)30-57(93)94)83-66(103)53-16-8-24-88(53)68(105)54-17-9-25-89(54)67(104)52-35-107-106-34-43(71)59(96)81-47(20-21-56(91)92)63(100)87-51(29-41-32-75-36-79-41)65(102)85-49(27-37-18-19-38-10-1-2-11-39(38)26-37)64(101)82-46(15-7-23-76-69(73)74)62(99)86-50(60(97)78-33-55(90)80-52)28-40-31-77-44-13-4-3-12-42(40)44/h1-4,10-13,18-19,26,31-32,36,43,45-54,77H,5-9,14-17,20-25,27-30,33-35,70-71H2,(H2,72,95)(H,75,79)(H,78,97)(H,80,90)(H,81,96)(H,82,101)(H,83,103)(H,84,98)(H,85,102)(H,86,99)(H,87,100)(H,91,92)(H,93,94)(H4,73,74,76)/t43-,45-,46?,47?,48-,49+,50-,51-,52?,53-,54-/m0/s1. The number of nitrogens with one attached hydrogen (secondary N) is 13. The van der Waals surface area contributed by atoms with Gasteiger partial charge in [-0.2, -0.15) is 0 Å². The Morgan fingerprint density at radius 2 is 1.27 bits per heavy atom. The number of aromatic nitrogens is 3. The quantitative estimate of drug-likeness (QED) is 0.0113. The number of carbonyl (C=O) groups excluding carboxylic acids is 12. The van der Waals surface area contributed by atoms with Crippen molar-refractivity contribution < 1.29 is 77.3 Å². The molecule has 11 atom stereocenters. The van der Waals surface area contributed by atoms with Crippen molar-refractivity contribution in [2.24, 2.45) is 22.9 Å². The van der Waals surface area contributed by atoms with Crippen molar-refractivity contribution in [3.8, 4) is 0 Å². The SMILES string of the molecule is N=C(N)NCCCC1NC(=O)[C@@H](Cc2ccc3ccccc3c2)NC(=O)[C@H](Cc2c[nH]cn2)NC(=O)C(CCC(=O)O)NC(=O)[C@@H](N)CSSCC(C(=O)N2CCC[C@H]2C(=O)N2CCC[C@H]2C(=O)N[C@@H](CCCCN)C(=O)N[C@@H](CC(=O)O)C(N)=O)NC(=O)CNC(=O)[C@H](Cc2c[nH]c3ccccc23)NC1=O. The zero-order valence-electron chi connectivity index (χ0n) is 58.6. The number of unbranched alkanes of at least 4 members (excludes halogenated alkanes) is 1. The smallest absolute Gasteiger partial charge is 0.305 e. The minimum atomic E-state index is -1.63. The Labute approximate surface area is 622 Å². The molecule has 0 spiro atoms. The van der Waals surface area contributed by atoms with Crippen LogP contribution >= 0.6 is 21.6 Å². The topological polar surface area (TPSA) is 579 Å². The molecule has 3 unspecified atom stereocenters. The van der Waals surface area contributed by atoms with Gasteiger partial charge >= 0.3 is 11.9 Å². The molecule has 5 aromatic rings. The van der Waals surface area contributed by atoms with E-state index in [0.29, 0.717) is 41.3 Å². The average Bonchev–Trinajstić information content (AvgIpc) is 1.73. The Morgan fingerprint density at radius 3 is 1.94 bits per heavy atom. The number of guanidine groups is 1. The number of primary amides is 1. The lowest BCUT2D eigenvalue weighted by Crippen LogP contribution is -2.60. The number of carbonyl (C=O) groups is 14. The summed E-state index contributed by atoms with van der Waals surface area (Å²) in [6, 6.07) is 3.90. The van der Waals surface area contributed by atoms with Crippen LogP contribution in [0.5, 0.6) is 0 Å². The van der Waals surface area contributed by atoms with Gasteiger partial charge in [-0.25, -0.2) is 4.98 Å². The normalized spacial score (nSPS) is 22.5. The Morgan fingerprint density at radius 1 is 0.645 bits per heavy atom. The molecule has 3 aliphatic rings. The number of hydrogen-bond acceptors (Lipinski definition) is 20. The fourth-order valence-corrected chi connectivity index (χ4v) is 15.0. The summed E-state index contributed by atoms with van der Waals surface area (Å²) >= 11 is 0. The van der Waals surface area contributed by atoms with Crippen molar-refractivity contribution in [2.75, 3.05) is 44.2 Å². The summed E-state index contributed by atoms with van der Waals surface area (Å²) in [6.07, 6.45) is 3.25. The molecule has 0 saturated carbocycles. The van der Waals surface area contributed by atoms with Crippen molar-refractivity contribution in [3.05, 3.63) is 102 Å². The molecule has 3 fully saturated rings. The number of amides is 12. The predicted octanol–water partition coefficient (Wildman–Crippen LogP) is -3.01. The van der Waals surface area contributed by atoms with Crippen molar-refractivity contribution in [3.63, 3.8) is 0 Å². The van der Waals surface area contributed by atoms with Crippen molar-refractivity contribution in [1.29, 1.82) is 5.41 Å². The monoisotopic (exact) mass is 1520 g/mol. The average molecular weight is 1520 g/mol. The van der Waals surface area contributed by atoms with E-state index in [0.717, 1.165) is 32.4 Å². The van der Waals surface area contributed by atoms with Crippen LogP contribution in [0.3, 0.4) is 0 Å². The van der Waals surface area contributed by atoms with Gasteiger partial charge in [-0.05, 0) is 98.7 Å². The molecule has 38 heteroatoms. The predicted molar refractivity (Wildman–Crippen MR) is 393 cm³/mol. The van der Waals surface area contributed by atoms with Gasteiger partial charge in [0.25, 0.3) is 0 Å². The molecular formula is C69H92N20O16S2. The number of para-hydroxylation sites is 1. The molecule has 5 heterocycles. The van der Waals surface area contributed by atoms with Gasteiger partial charge in [-0.1, -0.05) is 82.3 Å². The maximum absolute atomic E-state index is 15.2. The summed E-state index contributed by atoms with van der Waals surface area (Å²) in [5.74, 6) is -14.4. The van der Waals surface area contributed by atoms with E-state index in [9.17, 15) is 63.0 Å². The van der Waals surface area contributed by atoms with Crippen LogP contribution < -0.4 is 76.1 Å². The van der Waals surface area contributed by atoms with E-state index in [4.69, 9.17) is 28.3 Å².